The van der Waals surface area contributed by atoms with Crippen LogP contribution in [0.2, 0.25) is 5.02 Å². The number of fused-ring (bicyclic) bond motifs is 2. The van der Waals surface area contributed by atoms with E-state index in [1.54, 1.807) is 0 Å². The number of ketones is 1. The number of carbonyl (C=O) groups is 1. The van der Waals surface area contributed by atoms with Crippen molar-refractivity contribution in [1.29, 1.82) is 0 Å². The number of imidazole rings is 1. The summed E-state index contributed by atoms with van der Waals surface area (Å²) < 4.78 is 8.42. The average Bonchev–Trinajstić information content (AvgIpc) is 3.29. The number of hydrogen-bond donors (Lipinski definition) is 1. The van der Waals surface area contributed by atoms with Crippen LogP contribution in [-0.4, -0.2) is 33.5 Å². The van der Waals surface area contributed by atoms with Crippen LogP contribution in [0.3, 0.4) is 0 Å². The number of ether oxygens (including phenoxy) is 1. The Bertz CT molecular complexity index is 1200. The summed E-state index contributed by atoms with van der Waals surface area (Å²) >= 11 is 7.61. The van der Waals surface area contributed by atoms with Crippen molar-refractivity contribution < 1.29 is 9.53 Å². The van der Waals surface area contributed by atoms with E-state index in [4.69, 9.17) is 21.3 Å². The first-order valence-electron chi connectivity index (χ1n) is 10.0. The van der Waals surface area contributed by atoms with E-state index in [1.165, 1.54) is 11.3 Å². The Morgan fingerprint density at radius 1 is 1.17 bits per heavy atom. The molecule has 2 heterocycles. The van der Waals surface area contributed by atoms with Gasteiger partial charge in [-0.25, -0.2) is 9.97 Å². The van der Waals surface area contributed by atoms with E-state index in [-0.39, 0.29) is 5.78 Å². The highest BCUT2D eigenvalue weighted by Crippen LogP contribution is 2.31. The fraction of sp³-hybridized carbons (Fsp3) is 0.318. The number of rotatable bonds is 9. The number of hydrogen-bond acceptors (Lipinski definition) is 6. The zero-order valence-electron chi connectivity index (χ0n) is 16.9. The summed E-state index contributed by atoms with van der Waals surface area (Å²) in [6.07, 6.45) is 1.20. The molecule has 0 unspecified atom stereocenters. The van der Waals surface area contributed by atoms with Crippen LogP contribution >= 0.6 is 22.9 Å². The molecule has 0 amide bonds. The van der Waals surface area contributed by atoms with Crippen LogP contribution < -0.4 is 5.32 Å². The molecule has 0 aliphatic carbocycles. The van der Waals surface area contributed by atoms with Gasteiger partial charge in [0.25, 0.3) is 0 Å². The topological polar surface area (TPSA) is 69.0 Å². The normalized spacial score (nSPS) is 11.4. The number of thiazole rings is 1. The lowest BCUT2D eigenvalue weighted by Gasteiger charge is -2.06. The molecule has 6 nitrogen and oxygen atoms in total. The van der Waals surface area contributed by atoms with E-state index >= 15 is 0 Å². The van der Waals surface area contributed by atoms with Crippen LogP contribution in [0.4, 0.5) is 11.1 Å². The Labute approximate surface area is 183 Å². The van der Waals surface area contributed by atoms with Gasteiger partial charge in [-0.2, -0.15) is 0 Å². The van der Waals surface area contributed by atoms with E-state index in [2.05, 4.69) is 21.8 Å². The van der Waals surface area contributed by atoms with E-state index in [0.717, 1.165) is 39.3 Å². The van der Waals surface area contributed by atoms with E-state index < -0.39 is 0 Å². The van der Waals surface area contributed by atoms with Crippen LogP contribution in [0.1, 0.15) is 37.0 Å². The summed E-state index contributed by atoms with van der Waals surface area (Å²) in [7, 11) is 0. The fourth-order valence-electron chi connectivity index (χ4n) is 3.39. The Balaban J connectivity index is 1.59. The van der Waals surface area contributed by atoms with Crippen LogP contribution in [-0.2, 0) is 11.3 Å². The van der Waals surface area contributed by atoms with Crippen LogP contribution in [0.15, 0.2) is 36.4 Å². The Kier molecular flexibility index (Phi) is 6.32. The van der Waals surface area contributed by atoms with Crippen LogP contribution in [0.5, 0.6) is 0 Å². The molecule has 156 valence electrons. The predicted molar refractivity (Wildman–Crippen MR) is 123 cm³/mol. The summed E-state index contributed by atoms with van der Waals surface area (Å²) in [5, 5.41) is 4.78. The molecular formula is C22H23ClN4O2S. The van der Waals surface area contributed by atoms with Crippen molar-refractivity contribution >= 4 is 61.1 Å². The molecule has 4 aromatic rings. The SMILES string of the molecule is CCOCCCC(=O)c1ccc2c(c1)nc(Nc1nc3ccc(Cl)cc3s1)n2CC. The Hall–Kier alpha value is -2.48. The first-order valence-corrected chi connectivity index (χ1v) is 11.2. The third-order valence-electron chi connectivity index (χ3n) is 4.85. The molecule has 1 N–H and O–H groups in total. The molecular weight excluding hydrogens is 420 g/mol. The summed E-state index contributed by atoms with van der Waals surface area (Å²) in [6.45, 7) is 6.05. The lowest BCUT2D eigenvalue weighted by molar-refractivity contribution is 0.0947. The minimum Gasteiger partial charge on any atom is -0.382 e. The highest BCUT2D eigenvalue weighted by Gasteiger charge is 2.14. The smallest absolute Gasteiger partial charge is 0.210 e. The fourth-order valence-corrected chi connectivity index (χ4v) is 4.53. The third-order valence-corrected chi connectivity index (χ3v) is 6.02. The largest absolute Gasteiger partial charge is 0.382 e. The lowest BCUT2D eigenvalue weighted by atomic mass is 10.1. The minimum absolute atomic E-state index is 0.111. The van der Waals surface area contributed by atoms with Gasteiger partial charge in [0.1, 0.15) is 0 Å². The summed E-state index contributed by atoms with van der Waals surface area (Å²) in [4.78, 5) is 21.9. The Morgan fingerprint density at radius 2 is 2.03 bits per heavy atom. The van der Waals surface area contributed by atoms with E-state index in [1.807, 2.05) is 43.3 Å². The first-order chi connectivity index (χ1) is 14.6. The maximum absolute atomic E-state index is 12.5. The van der Waals surface area contributed by atoms with Gasteiger partial charge >= 0.3 is 0 Å². The quantitative estimate of drug-likeness (QED) is 0.252. The number of carbonyl (C=O) groups excluding carboxylic acids is 1. The van der Waals surface area contributed by atoms with E-state index in [0.29, 0.717) is 36.2 Å². The van der Waals surface area contributed by atoms with Gasteiger partial charge in [0.15, 0.2) is 10.9 Å². The summed E-state index contributed by atoms with van der Waals surface area (Å²) in [5.41, 5.74) is 3.35. The number of nitrogens with zero attached hydrogens (tertiary/aromatic N) is 3. The minimum atomic E-state index is 0.111. The number of halogens is 1. The lowest BCUT2D eigenvalue weighted by Crippen LogP contribution is -2.03. The van der Waals surface area contributed by atoms with Gasteiger partial charge in [0, 0.05) is 36.8 Å². The molecule has 2 aromatic heterocycles. The van der Waals surface area contributed by atoms with Crippen LogP contribution in [0.25, 0.3) is 21.3 Å². The molecule has 4 rings (SSSR count). The average molecular weight is 443 g/mol. The van der Waals surface area contributed by atoms with E-state index in [9.17, 15) is 4.79 Å². The van der Waals surface area contributed by atoms with Crippen molar-refractivity contribution in [3.63, 3.8) is 0 Å². The molecule has 2 aromatic carbocycles. The maximum atomic E-state index is 12.5. The zero-order chi connectivity index (χ0) is 21.1. The van der Waals surface area contributed by atoms with Crippen molar-refractivity contribution in [2.45, 2.75) is 33.2 Å². The number of aromatic nitrogens is 3. The molecule has 0 fully saturated rings. The van der Waals surface area contributed by atoms with Crippen LogP contribution in [0, 0.1) is 0 Å². The summed E-state index contributed by atoms with van der Waals surface area (Å²) in [5.74, 6) is 0.818. The zero-order valence-corrected chi connectivity index (χ0v) is 18.5. The van der Waals surface area contributed by atoms with Crippen molar-refractivity contribution in [3.05, 3.63) is 47.0 Å². The second-order valence-corrected chi connectivity index (χ2v) is 8.33. The van der Waals surface area contributed by atoms with Gasteiger partial charge in [0.2, 0.25) is 5.95 Å². The first kappa shape index (κ1) is 20.8. The van der Waals surface area contributed by atoms with Gasteiger partial charge in [-0.05, 0) is 56.7 Å². The van der Waals surface area contributed by atoms with Gasteiger partial charge in [-0.1, -0.05) is 22.9 Å². The van der Waals surface area contributed by atoms with Crippen molar-refractivity contribution in [3.8, 4) is 0 Å². The number of nitrogens with one attached hydrogen (secondary N) is 1. The predicted octanol–water partition coefficient (Wildman–Crippen LogP) is 6.06. The highest BCUT2D eigenvalue weighted by molar-refractivity contribution is 7.22. The number of anilines is 2. The highest BCUT2D eigenvalue weighted by atomic mass is 35.5. The van der Waals surface area contributed by atoms with Crippen molar-refractivity contribution in [2.75, 3.05) is 18.5 Å². The van der Waals surface area contributed by atoms with Crippen molar-refractivity contribution in [2.24, 2.45) is 0 Å². The molecule has 0 aliphatic heterocycles. The van der Waals surface area contributed by atoms with Gasteiger partial charge in [-0.3, -0.25) is 4.79 Å². The van der Waals surface area contributed by atoms with Crippen molar-refractivity contribution in [1.82, 2.24) is 14.5 Å². The molecule has 30 heavy (non-hydrogen) atoms. The standard InChI is InChI=1S/C22H23ClN4O2S/c1-3-27-18-10-7-14(19(28)6-5-11-29-4-2)12-17(18)24-21(27)26-22-25-16-9-8-15(23)13-20(16)30-22/h7-10,12-13H,3-6,11H2,1-2H3,(H,24,25,26). The molecule has 0 saturated heterocycles. The van der Waals surface area contributed by atoms with Gasteiger partial charge in [-0.15, -0.1) is 0 Å². The molecule has 0 saturated carbocycles. The second kappa shape index (κ2) is 9.12. The number of Topliss-reactive ketones (excluding diaryl/α,β-unsaturated/α-hetero) is 1. The second-order valence-electron chi connectivity index (χ2n) is 6.86. The monoisotopic (exact) mass is 442 g/mol. The van der Waals surface area contributed by atoms with Gasteiger partial charge in [0.05, 0.1) is 21.3 Å². The molecule has 0 spiro atoms. The molecule has 8 heteroatoms. The number of aryl methyl sites for hydroxylation is 1. The molecule has 0 aliphatic rings. The molecule has 0 radical (unpaired) electrons. The Morgan fingerprint density at radius 3 is 2.83 bits per heavy atom. The maximum Gasteiger partial charge on any atom is 0.210 e. The molecule has 0 atom stereocenters. The van der Waals surface area contributed by atoms with Gasteiger partial charge < -0.3 is 14.6 Å². The summed E-state index contributed by atoms with van der Waals surface area (Å²) in [6, 6.07) is 11.4. The third kappa shape index (κ3) is 4.33. The molecule has 0 bridgehead atoms. The number of benzene rings is 2.